The largest absolute Gasteiger partial charge is 0.377 e. The SMILES string of the molecule is COC(C)c1cc2c(=O)n(NS(C)(=O)=O)c(=O)[nH]c2cc1CF. The van der Waals surface area contributed by atoms with Gasteiger partial charge >= 0.3 is 5.69 Å². The second-order valence-electron chi connectivity index (χ2n) is 5.04. The van der Waals surface area contributed by atoms with E-state index in [0.29, 0.717) is 10.2 Å². The van der Waals surface area contributed by atoms with E-state index >= 15 is 0 Å². The maximum absolute atomic E-state index is 13.2. The van der Waals surface area contributed by atoms with E-state index in [4.69, 9.17) is 4.74 Å². The lowest BCUT2D eigenvalue weighted by Crippen LogP contribution is -2.43. The zero-order chi connectivity index (χ0) is 17.4. The number of nitrogens with zero attached hydrogens (tertiary/aromatic N) is 1. The highest BCUT2D eigenvalue weighted by atomic mass is 32.2. The second-order valence-corrected chi connectivity index (χ2v) is 6.77. The maximum Gasteiger partial charge on any atom is 0.348 e. The molecule has 1 atom stereocenters. The molecule has 0 aliphatic carbocycles. The van der Waals surface area contributed by atoms with Crippen LogP contribution in [0, 0.1) is 0 Å². The minimum absolute atomic E-state index is 0.0388. The number of H-pyrrole nitrogens is 1. The Morgan fingerprint density at radius 2 is 2.04 bits per heavy atom. The summed E-state index contributed by atoms with van der Waals surface area (Å²) in [4.78, 5) is 28.4. The number of ether oxygens (including phenoxy) is 1. The summed E-state index contributed by atoms with van der Waals surface area (Å²) >= 11 is 0. The van der Waals surface area contributed by atoms with Gasteiger partial charge in [-0.1, -0.05) is 0 Å². The molecule has 126 valence electrons. The summed E-state index contributed by atoms with van der Waals surface area (Å²) in [7, 11) is -2.39. The van der Waals surface area contributed by atoms with Gasteiger partial charge < -0.3 is 9.72 Å². The molecule has 0 fully saturated rings. The quantitative estimate of drug-likeness (QED) is 0.813. The third-order valence-electron chi connectivity index (χ3n) is 3.35. The molecule has 23 heavy (non-hydrogen) atoms. The Balaban J connectivity index is 2.82. The van der Waals surface area contributed by atoms with Crippen LogP contribution >= 0.6 is 0 Å². The van der Waals surface area contributed by atoms with Gasteiger partial charge in [0.25, 0.3) is 5.56 Å². The molecule has 0 bridgehead atoms. The number of hydrogen-bond donors (Lipinski definition) is 2. The molecule has 1 aromatic heterocycles. The van der Waals surface area contributed by atoms with Gasteiger partial charge in [-0.15, -0.1) is 0 Å². The monoisotopic (exact) mass is 345 g/mol. The highest BCUT2D eigenvalue weighted by Gasteiger charge is 2.16. The molecular formula is C13H16FN3O5S. The van der Waals surface area contributed by atoms with E-state index in [1.807, 2.05) is 4.83 Å². The fourth-order valence-corrected chi connectivity index (χ4v) is 2.69. The molecule has 0 saturated heterocycles. The number of rotatable bonds is 5. The van der Waals surface area contributed by atoms with Gasteiger partial charge in [0.2, 0.25) is 10.0 Å². The van der Waals surface area contributed by atoms with Crippen LogP contribution < -0.4 is 16.1 Å². The Morgan fingerprint density at radius 1 is 1.39 bits per heavy atom. The summed E-state index contributed by atoms with van der Waals surface area (Å²) in [5.41, 5.74) is -0.992. The summed E-state index contributed by atoms with van der Waals surface area (Å²) in [5, 5.41) is 0.0388. The van der Waals surface area contributed by atoms with Crippen molar-refractivity contribution in [1.29, 1.82) is 0 Å². The maximum atomic E-state index is 13.2. The number of methoxy groups -OCH3 is 1. The lowest BCUT2D eigenvalue weighted by molar-refractivity contribution is 0.118. The first-order chi connectivity index (χ1) is 10.7. The number of alkyl halides is 1. The average Bonchev–Trinajstić information content (AvgIpc) is 2.48. The van der Waals surface area contributed by atoms with Crippen molar-refractivity contribution in [3.63, 3.8) is 0 Å². The molecule has 10 heteroatoms. The number of halogens is 1. The number of benzene rings is 1. The smallest absolute Gasteiger partial charge is 0.348 e. The van der Waals surface area contributed by atoms with E-state index in [1.54, 1.807) is 6.92 Å². The van der Waals surface area contributed by atoms with Gasteiger partial charge in [-0.25, -0.2) is 22.4 Å². The van der Waals surface area contributed by atoms with E-state index in [2.05, 4.69) is 4.98 Å². The molecule has 0 radical (unpaired) electrons. The van der Waals surface area contributed by atoms with Crippen molar-refractivity contribution in [1.82, 2.24) is 9.66 Å². The second kappa shape index (κ2) is 6.13. The zero-order valence-electron chi connectivity index (χ0n) is 12.7. The lowest BCUT2D eigenvalue weighted by atomic mass is 10.0. The standard InChI is InChI=1S/C13H16FN3O5S/c1-7(22-2)9-5-10-11(4-8(9)6-14)15-13(19)17(12(10)18)16-23(3,20)21/h4-5,7,16H,6H2,1-3H3,(H,15,19). The van der Waals surface area contributed by atoms with Gasteiger partial charge in [-0.3, -0.25) is 4.79 Å². The Hall–Kier alpha value is -2.20. The fraction of sp³-hybridized carbons (Fsp3) is 0.385. The number of nitrogens with one attached hydrogen (secondary N) is 2. The molecule has 1 aromatic carbocycles. The molecule has 0 aliphatic rings. The van der Waals surface area contributed by atoms with Crippen molar-refractivity contribution in [3.8, 4) is 0 Å². The van der Waals surface area contributed by atoms with Crippen molar-refractivity contribution in [2.75, 3.05) is 18.2 Å². The molecule has 1 heterocycles. The molecular weight excluding hydrogens is 329 g/mol. The minimum atomic E-state index is -3.83. The molecule has 8 nitrogen and oxygen atoms in total. The predicted octanol–water partition coefficient (Wildman–Crippen LogP) is 0.370. The molecule has 0 saturated carbocycles. The van der Waals surface area contributed by atoms with Crippen LogP contribution in [0.3, 0.4) is 0 Å². The van der Waals surface area contributed by atoms with E-state index in [9.17, 15) is 22.4 Å². The van der Waals surface area contributed by atoms with Crippen LogP contribution in [0.4, 0.5) is 4.39 Å². The number of hydrogen-bond acceptors (Lipinski definition) is 5. The average molecular weight is 345 g/mol. The van der Waals surface area contributed by atoms with Gasteiger partial charge in [-0.05, 0) is 30.2 Å². The predicted molar refractivity (Wildman–Crippen MR) is 83.3 cm³/mol. The van der Waals surface area contributed by atoms with Gasteiger partial charge in [-0.2, -0.15) is 4.68 Å². The first-order valence-electron chi connectivity index (χ1n) is 6.56. The number of aromatic amines is 1. The van der Waals surface area contributed by atoms with Crippen LogP contribution in [0.15, 0.2) is 21.7 Å². The van der Waals surface area contributed by atoms with Gasteiger partial charge in [0, 0.05) is 7.11 Å². The van der Waals surface area contributed by atoms with Crippen molar-refractivity contribution in [2.45, 2.75) is 19.7 Å². The topological polar surface area (TPSA) is 110 Å². The molecule has 2 rings (SSSR count). The molecule has 2 N–H and O–H groups in total. The van der Waals surface area contributed by atoms with Gasteiger partial charge in [0.15, 0.2) is 0 Å². The number of sulfonamides is 1. The number of fused-ring (bicyclic) bond motifs is 1. The van der Waals surface area contributed by atoms with Crippen LogP contribution in [-0.2, 0) is 21.4 Å². The molecule has 1 unspecified atom stereocenters. The molecule has 0 spiro atoms. The Kier molecular flexibility index (Phi) is 4.57. The van der Waals surface area contributed by atoms with Gasteiger partial charge in [0.05, 0.1) is 23.3 Å². The van der Waals surface area contributed by atoms with Crippen molar-refractivity contribution in [3.05, 3.63) is 44.1 Å². The number of aromatic nitrogens is 2. The highest BCUT2D eigenvalue weighted by Crippen LogP contribution is 2.24. The lowest BCUT2D eigenvalue weighted by Gasteiger charge is -2.15. The van der Waals surface area contributed by atoms with E-state index in [0.717, 1.165) is 6.26 Å². The van der Waals surface area contributed by atoms with Crippen molar-refractivity contribution >= 4 is 20.9 Å². The normalized spacial score (nSPS) is 13.2. The van der Waals surface area contributed by atoms with Crippen LogP contribution in [0.25, 0.3) is 10.9 Å². The summed E-state index contributed by atoms with van der Waals surface area (Å²) in [6.45, 7) is 0.880. The highest BCUT2D eigenvalue weighted by molar-refractivity contribution is 7.91. The van der Waals surface area contributed by atoms with Crippen molar-refractivity contribution in [2.24, 2.45) is 0 Å². The van der Waals surface area contributed by atoms with Crippen LogP contribution in [0.2, 0.25) is 0 Å². The molecule has 0 amide bonds. The first-order valence-corrected chi connectivity index (χ1v) is 8.45. The zero-order valence-corrected chi connectivity index (χ0v) is 13.5. The van der Waals surface area contributed by atoms with Gasteiger partial charge in [0.1, 0.15) is 6.67 Å². The van der Waals surface area contributed by atoms with E-state index in [1.165, 1.54) is 19.2 Å². The van der Waals surface area contributed by atoms with E-state index in [-0.39, 0.29) is 16.5 Å². The Labute approximate surface area is 130 Å². The fourth-order valence-electron chi connectivity index (χ4n) is 2.20. The van der Waals surface area contributed by atoms with Crippen LogP contribution in [0.5, 0.6) is 0 Å². The van der Waals surface area contributed by atoms with Crippen LogP contribution in [0.1, 0.15) is 24.2 Å². The van der Waals surface area contributed by atoms with Crippen molar-refractivity contribution < 1.29 is 17.5 Å². The Bertz CT molecular complexity index is 964. The molecule has 0 aliphatic heterocycles. The molecule has 2 aromatic rings. The first kappa shape index (κ1) is 17.2. The van der Waals surface area contributed by atoms with Crippen LogP contribution in [-0.4, -0.2) is 31.4 Å². The van der Waals surface area contributed by atoms with E-state index < -0.39 is 34.1 Å². The summed E-state index contributed by atoms with van der Waals surface area (Å²) in [6.07, 6.45) is 0.334. The Morgan fingerprint density at radius 3 is 2.57 bits per heavy atom. The third-order valence-corrected chi connectivity index (χ3v) is 3.86. The minimum Gasteiger partial charge on any atom is -0.377 e. The summed E-state index contributed by atoms with van der Waals surface area (Å²) in [5.74, 6) is 0. The summed E-state index contributed by atoms with van der Waals surface area (Å²) < 4.78 is 41.2. The summed E-state index contributed by atoms with van der Waals surface area (Å²) in [6, 6.07) is 2.73. The third kappa shape index (κ3) is 3.42.